The molecule has 0 N–H and O–H groups in total. The van der Waals surface area contributed by atoms with Crippen LogP contribution in [0.4, 0.5) is 0 Å². The van der Waals surface area contributed by atoms with Gasteiger partial charge in [-0.3, -0.25) is 4.79 Å². The molecule has 22 heavy (non-hydrogen) atoms. The molecule has 3 rings (SSSR count). The third-order valence-electron chi connectivity index (χ3n) is 4.37. The van der Waals surface area contributed by atoms with Crippen LogP contribution in [0.3, 0.4) is 0 Å². The molecule has 0 radical (unpaired) electrons. The molecule has 2 aromatic rings. The van der Waals surface area contributed by atoms with Crippen LogP contribution in [-0.4, -0.2) is 31.0 Å². The van der Waals surface area contributed by atoms with Gasteiger partial charge in [-0.15, -0.1) is 0 Å². The van der Waals surface area contributed by atoms with E-state index in [0.717, 1.165) is 31.7 Å². The van der Waals surface area contributed by atoms with Gasteiger partial charge in [0.2, 0.25) is 0 Å². The average molecular weight is 295 g/mol. The Labute approximate surface area is 131 Å². The van der Waals surface area contributed by atoms with Crippen molar-refractivity contribution in [3.63, 3.8) is 0 Å². The Morgan fingerprint density at radius 2 is 1.77 bits per heavy atom. The number of nitrogens with zero attached hydrogens (tertiary/aromatic N) is 1. The first-order valence-electron chi connectivity index (χ1n) is 7.76. The summed E-state index contributed by atoms with van der Waals surface area (Å²) in [4.78, 5) is 14.5. The van der Waals surface area contributed by atoms with E-state index in [4.69, 9.17) is 4.74 Å². The molecule has 114 valence electrons. The van der Waals surface area contributed by atoms with E-state index in [1.807, 2.05) is 35.2 Å². The number of likely N-dealkylation sites (tertiary alicyclic amines) is 1. The highest BCUT2D eigenvalue weighted by Gasteiger charge is 2.24. The summed E-state index contributed by atoms with van der Waals surface area (Å²) in [5.74, 6) is 1.39. The van der Waals surface area contributed by atoms with Gasteiger partial charge in [-0.1, -0.05) is 36.4 Å². The molecule has 0 bridgehead atoms. The van der Waals surface area contributed by atoms with Crippen molar-refractivity contribution in [3.8, 4) is 5.75 Å². The fourth-order valence-corrected chi connectivity index (χ4v) is 3.08. The summed E-state index contributed by atoms with van der Waals surface area (Å²) in [5, 5.41) is 0. The smallest absolute Gasteiger partial charge is 0.253 e. The molecule has 0 spiro atoms. The van der Waals surface area contributed by atoms with Crippen LogP contribution in [0.5, 0.6) is 5.75 Å². The van der Waals surface area contributed by atoms with Crippen molar-refractivity contribution >= 4 is 5.91 Å². The minimum Gasteiger partial charge on any atom is -0.497 e. The van der Waals surface area contributed by atoms with E-state index in [9.17, 15) is 4.79 Å². The van der Waals surface area contributed by atoms with Crippen molar-refractivity contribution in [1.29, 1.82) is 0 Å². The Kier molecular flexibility index (Phi) is 4.42. The van der Waals surface area contributed by atoms with Crippen molar-refractivity contribution in [2.24, 2.45) is 0 Å². The zero-order valence-corrected chi connectivity index (χ0v) is 12.9. The molecule has 1 aliphatic rings. The van der Waals surface area contributed by atoms with E-state index in [1.54, 1.807) is 7.11 Å². The molecular weight excluding hydrogens is 274 g/mol. The Bertz CT molecular complexity index is 631. The monoisotopic (exact) mass is 295 g/mol. The van der Waals surface area contributed by atoms with Gasteiger partial charge < -0.3 is 9.64 Å². The van der Waals surface area contributed by atoms with E-state index in [-0.39, 0.29) is 5.91 Å². The zero-order valence-electron chi connectivity index (χ0n) is 12.9. The second-order valence-electron chi connectivity index (χ2n) is 5.71. The van der Waals surface area contributed by atoms with Crippen LogP contribution in [0.15, 0.2) is 54.6 Å². The van der Waals surface area contributed by atoms with Gasteiger partial charge in [-0.05, 0) is 42.5 Å². The molecule has 3 heteroatoms. The van der Waals surface area contributed by atoms with E-state index < -0.39 is 0 Å². The number of amides is 1. The Morgan fingerprint density at radius 1 is 1.05 bits per heavy atom. The predicted octanol–water partition coefficient (Wildman–Crippen LogP) is 3.72. The highest BCUT2D eigenvalue weighted by atomic mass is 16.5. The zero-order chi connectivity index (χ0) is 15.4. The first-order chi connectivity index (χ1) is 10.8. The van der Waals surface area contributed by atoms with Gasteiger partial charge in [-0.25, -0.2) is 0 Å². The van der Waals surface area contributed by atoms with Crippen LogP contribution in [0.25, 0.3) is 0 Å². The molecule has 0 unspecified atom stereocenters. The molecule has 0 aliphatic carbocycles. The van der Waals surface area contributed by atoms with E-state index in [1.165, 1.54) is 5.56 Å². The van der Waals surface area contributed by atoms with Gasteiger partial charge in [0.15, 0.2) is 0 Å². The number of carbonyl (C=O) groups excluding carboxylic acids is 1. The van der Waals surface area contributed by atoms with Crippen molar-refractivity contribution in [1.82, 2.24) is 4.90 Å². The third kappa shape index (κ3) is 3.14. The summed E-state index contributed by atoms with van der Waals surface area (Å²) < 4.78 is 5.20. The van der Waals surface area contributed by atoms with E-state index in [2.05, 4.69) is 24.3 Å². The molecule has 1 heterocycles. The van der Waals surface area contributed by atoms with Crippen molar-refractivity contribution in [2.75, 3.05) is 20.2 Å². The number of piperidine rings is 1. The van der Waals surface area contributed by atoms with Crippen LogP contribution in [0.2, 0.25) is 0 Å². The van der Waals surface area contributed by atoms with Gasteiger partial charge in [0, 0.05) is 18.7 Å². The standard InChI is InChI=1S/C19H21NO2/c1-22-18-9-5-8-17(14-18)19(21)20-12-10-16(11-13-20)15-6-3-2-4-7-15/h2-9,14,16H,10-13H2,1H3. The van der Waals surface area contributed by atoms with Crippen LogP contribution >= 0.6 is 0 Å². The van der Waals surface area contributed by atoms with Gasteiger partial charge in [0.05, 0.1) is 7.11 Å². The quantitative estimate of drug-likeness (QED) is 0.864. The maximum Gasteiger partial charge on any atom is 0.253 e. The maximum absolute atomic E-state index is 12.6. The van der Waals surface area contributed by atoms with Gasteiger partial charge in [-0.2, -0.15) is 0 Å². The lowest BCUT2D eigenvalue weighted by Gasteiger charge is -2.32. The number of hydrogen-bond donors (Lipinski definition) is 0. The summed E-state index contributed by atoms with van der Waals surface area (Å²) in [6.07, 6.45) is 2.06. The molecule has 0 saturated carbocycles. The summed E-state index contributed by atoms with van der Waals surface area (Å²) in [7, 11) is 1.62. The minimum absolute atomic E-state index is 0.102. The van der Waals surface area contributed by atoms with E-state index >= 15 is 0 Å². The number of hydrogen-bond acceptors (Lipinski definition) is 2. The molecular formula is C19H21NO2. The molecule has 1 aliphatic heterocycles. The summed E-state index contributed by atoms with van der Waals surface area (Å²) >= 11 is 0. The Balaban J connectivity index is 1.64. The first-order valence-corrected chi connectivity index (χ1v) is 7.76. The molecule has 0 aromatic heterocycles. The summed E-state index contributed by atoms with van der Waals surface area (Å²) in [6, 6.07) is 18.0. The molecule has 3 nitrogen and oxygen atoms in total. The number of benzene rings is 2. The number of methoxy groups -OCH3 is 1. The average Bonchev–Trinajstić information content (AvgIpc) is 2.62. The molecule has 1 fully saturated rings. The SMILES string of the molecule is COc1cccc(C(=O)N2CCC(c3ccccc3)CC2)c1. The number of ether oxygens (including phenoxy) is 1. The number of carbonyl (C=O) groups is 1. The molecule has 2 aromatic carbocycles. The lowest BCUT2D eigenvalue weighted by atomic mass is 9.89. The highest BCUT2D eigenvalue weighted by molar-refractivity contribution is 5.94. The first kappa shape index (κ1) is 14.6. The third-order valence-corrected chi connectivity index (χ3v) is 4.37. The molecule has 0 atom stereocenters. The topological polar surface area (TPSA) is 29.5 Å². The van der Waals surface area contributed by atoms with Crippen molar-refractivity contribution < 1.29 is 9.53 Å². The fourth-order valence-electron chi connectivity index (χ4n) is 3.08. The summed E-state index contributed by atoms with van der Waals surface area (Å²) in [5.41, 5.74) is 2.09. The highest BCUT2D eigenvalue weighted by Crippen LogP contribution is 2.28. The van der Waals surface area contributed by atoms with Gasteiger partial charge in [0.1, 0.15) is 5.75 Å². The number of rotatable bonds is 3. The van der Waals surface area contributed by atoms with Gasteiger partial charge in [0.25, 0.3) is 5.91 Å². The maximum atomic E-state index is 12.6. The van der Waals surface area contributed by atoms with Crippen molar-refractivity contribution in [2.45, 2.75) is 18.8 Å². The predicted molar refractivity (Wildman–Crippen MR) is 87.3 cm³/mol. The van der Waals surface area contributed by atoms with Crippen LogP contribution in [-0.2, 0) is 0 Å². The largest absolute Gasteiger partial charge is 0.497 e. The van der Waals surface area contributed by atoms with Crippen molar-refractivity contribution in [3.05, 3.63) is 65.7 Å². The van der Waals surface area contributed by atoms with E-state index in [0.29, 0.717) is 11.5 Å². The normalized spacial score (nSPS) is 15.6. The van der Waals surface area contributed by atoms with Crippen LogP contribution in [0, 0.1) is 0 Å². The van der Waals surface area contributed by atoms with Crippen LogP contribution in [0.1, 0.15) is 34.7 Å². The second-order valence-corrected chi connectivity index (χ2v) is 5.71. The second kappa shape index (κ2) is 6.65. The Morgan fingerprint density at radius 3 is 2.45 bits per heavy atom. The molecule has 1 saturated heterocycles. The molecule has 1 amide bonds. The Hall–Kier alpha value is -2.29. The lowest BCUT2D eigenvalue weighted by molar-refractivity contribution is 0.0712. The lowest BCUT2D eigenvalue weighted by Crippen LogP contribution is -2.37. The minimum atomic E-state index is 0.102. The summed E-state index contributed by atoms with van der Waals surface area (Å²) in [6.45, 7) is 1.63. The fraction of sp³-hybridized carbons (Fsp3) is 0.316. The van der Waals surface area contributed by atoms with Gasteiger partial charge >= 0.3 is 0 Å². The van der Waals surface area contributed by atoms with Crippen LogP contribution < -0.4 is 4.74 Å².